The van der Waals surface area contributed by atoms with Crippen LogP contribution in [0.5, 0.6) is 0 Å². The first-order valence-electron chi connectivity index (χ1n) is 11.0. The van der Waals surface area contributed by atoms with Gasteiger partial charge in [-0.1, -0.05) is 37.1 Å². The molecule has 0 radical (unpaired) electrons. The molecule has 0 amide bonds. The lowest BCUT2D eigenvalue weighted by atomic mass is 9.91. The van der Waals surface area contributed by atoms with Crippen molar-refractivity contribution in [3.8, 4) is 0 Å². The molecule has 0 fully saturated rings. The normalized spacial score (nSPS) is 20.8. The van der Waals surface area contributed by atoms with Crippen LogP contribution in [0.15, 0.2) is 51.5 Å². The van der Waals surface area contributed by atoms with Crippen LogP contribution in [0.1, 0.15) is 62.1 Å². The van der Waals surface area contributed by atoms with Gasteiger partial charge in [0.15, 0.2) is 5.90 Å². The lowest BCUT2D eigenvalue weighted by molar-refractivity contribution is 0.336. The summed E-state index contributed by atoms with van der Waals surface area (Å²) in [7, 11) is 2.21. The summed E-state index contributed by atoms with van der Waals surface area (Å²) in [6.07, 6.45) is 12.9. The van der Waals surface area contributed by atoms with Crippen LogP contribution in [0.25, 0.3) is 0 Å². The van der Waals surface area contributed by atoms with Crippen LogP contribution in [0.3, 0.4) is 0 Å². The predicted molar refractivity (Wildman–Crippen MR) is 122 cm³/mol. The van der Waals surface area contributed by atoms with Gasteiger partial charge in [-0.25, -0.2) is 0 Å². The average molecular weight is 412 g/mol. The van der Waals surface area contributed by atoms with Gasteiger partial charge in [0.25, 0.3) is 0 Å². The van der Waals surface area contributed by atoms with E-state index in [-0.39, 0.29) is 6.04 Å². The number of hydrogen-bond acceptors (Lipinski definition) is 5. The van der Waals surface area contributed by atoms with Crippen LogP contribution < -0.4 is 5.32 Å². The van der Waals surface area contributed by atoms with Crippen LogP contribution in [-0.2, 0) is 4.74 Å². The highest BCUT2D eigenvalue weighted by Crippen LogP contribution is 2.43. The Bertz CT molecular complexity index is 814. The highest BCUT2D eigenvalue weighted by molar-refractivity contribution is 7.97. The number of ether oxygens (including phenoxy) is 1. The first-order valence-corrected chi connectivity index (χ1v) is 11.8. The highest BCUT2D eigenvalue weighted by atomic mass is 32.2. The Balaban J connectivity index is 1.36. The molecule has 1 atom stereocenters. The van der Waals surface area contributed by atoms with Gasteiger partial charge >= 0.3 is 0 Å². The molecule has 0 spiro atoms. The Labute approximate surface area is 179 Å². The average Bonchev–Trinajstić information content (AvgIpc) is 3.21. The molecule has 1 unspecified atom stereocenters. The quantitative estimate of drug-likeness (QED) is 0.449. The molecule has 4 rings (SSSR count). The zero-order valence-electron chi connectivity index (χ0n) is 17.7. The van der Waals surface area contributed by atoms with Crippen molar-refractivity contribution in [1.82, 2.24) is 9.62 Å². The first-order chi connectivity index (χ1) is 14.2. The number of aryl methyl sites for hydroxylation is 1. The number of rotatable bonds is 8. The molecule has 1 aromatic rings. The number of allylic oxidation sites excluding steroid dienone is 2. The van der Waals surface area contributed by atoms with E-state index in [1.54, 1.807) is 0 Å². The summed E-state index contributed by atoms with van der Waals surface area (Å²) in [5.74, 6) is 0.971. The van der Waals surface area contributed by atoms with Crippen LogP contribution in [-0.4, -0.2) is 36.9 Å². The fraction of sp³-hybridized carbons (Fsp3) is 0.542. The van der Waals surface area contributed by atoms with Crippen molar-refractivity contribution in [3.05, 3.63) is 52.7 Å². The van der Waals surface area contributed by atoms with Crippen LogP contribution in [0, 0.1) is 6.92 Å². The molecule has 4 nitrogen and oxygen atoms in total. The molecule has 156 valence electrons. The number of benzene rings is 1. The standard InChI is InChI=1S/C24H33N3OS/c1-18-12-13-20-22(17-18)29-27(2)21-10-7-6-9-19(21)24(20)26-14-8-4-3-5-11-23-25-15-16-28-23/h6,9,12-13,17,24,26H,3-5,7-8,10-11,14-16H2,1-2H3. The predicted octanol–water partition coefficient (Wildman–Crippen LogP) is 5.56. The molecule has 5 heteroatoms. The molecular formula is C24H33N3OS. The zero-order valence-corrected chi connectivity index (χ0v) is 18.6. The fourth-order valence-corrected chi connectivity index (χ4v) is 5.49. The Morgan fingerprint density at radius 2 is 2.14 bits per heavy atom. The van der Waals surface area contributed by atoms with Gasteiger partial charge in [0.05, 0.1) is 12.6 Å². The highest BCUT2D eigenvalue weighted by Gasteiger charge is 2.28. The van der Waals surface area contributed by atoms with Crippen molar-refractivity contribution in [1.29, 1.82) is 0 Å². The summed E-state index contributed by atoms with van der Waals surface area (Å²) in [5, 5.41) is 3.89. The molecule has 0 aromatic heterocycles. The second-order valence-corrected chi connectivity index (χ2v) is 9.32. The monoisotopic (exact) mass is 411 g/mol. The summed E-state index contributed by atoms with van der Waals surface area (Å²) in [6.45, 7) is 4.86. The molecular weight excluding hydrogens is 378 g/mol. The number of nitrogens with zero attached hydrogens (tertiary/aromatic N) is 2. The summed E-state index contributed by atoms with van der Waals surface area (Å²) in [4.78, 5) is 5.76. The van der Waals surface area contributed by atoms with E-state index in [1.807, 2.05) is 11.9 Å². The Hall–Kier alpha value is -1.72. The van der Waals surface area contributed by atoms with E-state index in [2.05, 4.69) is 58.9 Å². The fourth-order valence-electron chi connectivity index (χ4n) is 4.35. The molecule has 0 saturated heterocycles. The smallest absolute Gasteiger partial charge is 0.183 e. The summed E-state index contributed by atoms with van der Waals surface area (Å²) in [6, 6.07) is 7.20. The van der Waals surface area contributed by atoms with Crippen molar-refractivity contribution < 1.29 is 4.74 Å². The van der Waals surface area contributed by atoms with Gasteiger partial charge in [0.2, 0.25) is 0 Å². The van der Waals surface area contributed by atoms with Crippen LogP contribution in [0.2, 0.25) is 0 Å². The summed E-state index contributed by atoms with van der Waals surface area (Å²) >= 11 is 1.88. The van der Waals surface area contributed by atoms with E-state index >= 15 is 0 Å². The molecule has 2 heterocycles. The van der Waals surface area contributed by atoms with E-state index < -0.39 is 0 Å². The van der Waals surface area contributed by atoms with E-state index in [4.69, 9.17) is 4.74 Å². The van der Waals surface area contributed by atoms with Gasteiger partial charge < -0.3 is 14.4 Å². The number of fused-ring (bicyclic) bond motifs is 1. The molecule has 1 N–H and O–H groups in total. The van der Waals surface area contributed by atoms with Crippen molar-refractivity contribution in [3.63, 3.8) is 0 Å². The Kier molecular flexibility index (Phi) is 6.98. The van der Waals surface area contributed by atoms with Gasteiger partial charge in [0.1, 0.15) is 6.61 Å². The van der Waals surface area contributed by atoms with Crippen LogP contribution >= 0.6 is 11.9 Å². The van der Waals surface area contributed by atoms with Gasteiger partial charge in [0, 0.05) is 24.1 Å². The van der Waals surface area contributed by atoms with Gasteiger partial charge in [-0.3, -0.25) is 4.99 Å². The van der Waals surface area contributed by atoms with Crippen molar-refractivity contribution in [2.45, 2.75) is 62.8 Å². The minimum absolute atomic E-state index is 0.288. The van der Waals surface area contributed by atoms with Crippen molar-refractivity contribution in [2.24, 2.45) is 4.99 Å². The number of hydrogen-bond donors (Lipinski definition) is 1. The maximum atomic E-state index is 5.49. The molecule has 2 aliphatic heterocycles. The minimum Gasteiger partial charge on any atom is -0.479 e. The van der Waals surface area contributed by atoms with Crippen LogP contribution in [0.4, 0.5) is 0 Å². The SMILES string of the molecule is Cc1ccc2c(c1)SN(C)C1=C(C=CCC1)C2NCCCCCCC1=NCCO1. The van der Waals surface area contributed by atoms with Gasteiger partial charge in [-0.15, -0.1) is 0 Å². The molecule has 1 aliphatic carbocycles. The molecule has 0 saturated carbocycles. The Morgan fingerprint density at radius 1 is 1.24 bits per heavy atom. The zero-order chi connectivity index (χ0) is 20.1. The number of unbranched alkanes of at least 4 members (excludes halogenated alkanes) is 3. The first kappa shape index (κ1) is 20.5. The van der Waals surface area contributed by atoms with E-state index in [1.165, 1.54) is 53.0 Å². The molecule has 1 aromatic carbocycles. The number of nitrogens with one attached hydrogen (secondary N) is 1. The lowest BCUT2D eigenvalue weighted by Crippen LogP contribution is -2.26. The van der Waals surface area contributed by atoms with Crippen molar-refractivity contribution >= 4 is 17.8 Å². The number of aliphatic imine (C=N–C) groups is 1. The third kappa shape index (κ3) is 5.07. The van der Waals surface area contributed by atoms with E-state index in [0.29, 0.717) is 0 Å². The second kappa shape index (κ2) is 9.86. The van der Waals surface area contributed by atoms with Gasteiger partial charge in [-0.2, -0.15) is 0 Å². The third-order valence-electron chi connectivity index (χ3n) is 5.90. The topological polar surface area (TPSA) is 36.9 Å². The summed E-state index contributed by atoms with van der Waals surface area (Å²) in [5.41, 5.74) is 5.67. The molecule has 3 aliphatic rings. The van der Waals surface area contributed by atoms with Crippen molar-refractivity contribution in [2.75, 3.05) is 26.7 Å². The van der Waals surface area contributed by atoms with Gasteiger partial charge in [-0.05, 0) is 73.9 Å². The Morgan fingerprint density at radius 3 is 3.00 bits per heavy atom. The van der Waals surface area contributed by atoms with E-state index in [0.717, 1.165) is 44.9 Å². The summed E-state index contributed by atoms with van der Waals surface area (Å²) < 4.78 is 7.87. The molecule has 0 bridgehead atoms. The van der Waals surface area contributed by atoms with E-state index in [9.17, 15) is 0 Å². The second-order valence-electron chi connectivity index (χ2n) is 8.15. The third-order valence-corrected chi connectivity index (χ3v) is 6.94. The largest absolute Gasteiger partial charge is 0.479 e. The maximum Gasteiger partial charge on any atom is 0.183 e. The maximum absolute atomic E-state index is 5.49. The molecule has 29 heavy (non-hydrogen) atoms. The minimum atomic E-state index is 0.288. The lowest BCUT2D eigenvalue weighted by Gasteiger charge is -2.26.